The van der Waals surface area contributed by atoms with Crippen molar-refractivity contribution in [3.8, 4) is 0 Å². The minimum atomic E-state index is 0.122. The highest BCUT2D eigenvalue weighted by Gasteiger charge is 2.08. The lowest BCUT2D eigenvalue weighted by molar-refractivity contribution is 0.0901. The van der Waals surface area contributed by atoms with Crippen LogP contribution in [0.4, 0.5) is 0 Å². The molecule has 0 aliphatic carbocycles. The molecular weight excluding hydrogens is 178 g/mol. The summed E-state index contributed by atoms with van der Waals surface area (Å²) in [6.45, 7) is 9.01. The second-order valence-corrected chi connectivity index (χ2v) is 3.90. The summed E-state index contributed by atoms with van der Waals surface area (Å²) < 4.78 is 5.17. The Balaban J connectivity index is 3.25. The molecular formula is C11H25NO2. The van der Waals surface area contributed by atoms with E-state index in [2.05, 4.69) is 26.1 Å². The van der Waals surface area contributed by atoms with Gasteiger partial charge in [0, 0.05) is 12.6 Å². The molecule has 0 heterocycles. The summed E-state index contributed by atoms with van der Waals surface area (Å²) >= 11 is 0. The Morgan fingerprint density at radius 1 is 1.29 bits per heavy atom. The second-order valence-electron chi connectivity index (χ2n) is 3.90. The van der Waals surface area contributed by atoms with Gasteiger partial charge in [0.05, 0.1) is 13.2 Å². The zero-order valence-electron chi connectivity index (χ0n) is 9.75. The molecule has 1 unspecified atom stereocenters. The summed E-state index contributed by atoms with van der Waals surface area (Å²) in [4.78, 5) is 0. The minimum Gasteiger partial charge on any atom is -0.394 e. The third-order valence-corrected chi connectivity index (χ3v) is 2.35. The van der Waals surface area contributed by atoms with Gasteiger partial charge in [0.2, 0.25) is 0 Å². The number of ether oxygens (including phenoxy) is 1. The van der Waals surface area contributed by atoms with Crippen LogP contribution >= 0.6 is 0 Å². The van der Waals surface area contributed by atoms with Crippen molar-refractivity contribution in [2.75, 3.05) is 26.4 Å². The molecule has 0 rings (SSSR count). The third kappa shape index (κ3) is 7.30. The fraction of sp³-hybridized carbons (Fsp3) is 1.00. The number of hydrogen-bond donors (Lipinski definition) is 2. The van der Waals surface area contributed by atoms with Gasteiger partial charge >= 0.3 is 0 Å². The largest absolute Gasteiger partial charge is 0.394 e. The van der Waals surface area contributed by atoms with Gasteiger partial charge in [-0.05, 0) is 25.3 Å². The molecule has 14 heavy (non-hydrogen) atoms. The first-order chi connectivity index (χ1) is 6.72. The molecule has 0 fully saturated rings. The standard InChI is InChI=1S/C11H25NO2/c1-4-11(10(2)3)12-6-5-8-14-9-7-13/h10-13H,4-9H2,1-3H3. The Morgan fingerprint density at radius 2 is 2.00 bits per heavy atom. The molecule has 0 aromatic heterocycles. The predicted molar refractivity (Wildman–Crippen MR) is 59.4 cm³/mol. The number of rotatable bonds is 9. The molecule has 0 spiro atoms. The van der Waals surface area contributed by atoms with Gasteiger partial charge in [-0.2, -0.15) is 0 Å². The number of aliphatic hydroxyl groups excluding tert-OH is 1. The molecule has 0 aromatic rings. The summed E-state index contributed by atoms with van der Waals surface area (Å²) in [5.74, 6) is 0.693. The molecule has 2 N–H and O–H groups in total. The molecule has 3 nitrogen and oxygen atoms in total. The summed E-state index contributed by atoms with van der Waals surface area (Å²) in [6, 6.07) is 0.618. The zero-order valence-corrected chi connectivity index (χ0v) is 9.75. The lowest BCUT2D eigenvalue weighted by Gasteiger charge is -2.20. The van der Waals surface area contributed by atoms with Gasteiger partial charge in [-0.3, -0.25) is 0 Å². The van der Waals surface area contributed by atoms with Gasteiger partial charge in [0.25, 0.3) is 0 Å². The van der Waals surface area contributed by atoms with E-state index < -0.39 is 0 Å². The van der Waals surface area contributed by atoms with E-state index in [0.717, 1.165) is 19.6 Å². The normalized spacial score (nSPS) is 13.5. The minimum absolute atomic E-state index is 0.122. The highest BCUT2D eigenvalue weighted by atomic mass is 16.5. The maximum absolute atomic E-state index is 8.48. The van der Waals surface area contributed by atoms with E-state index in [1.54, 1.807) is 0 Å². The van der Waals surface area contributed by atoms with Crippen molar-refractivity contribution in [1.29, 1.82) is 0 Å². The zero-order chi connectivity index (χ0) is 10.8. The van der Waals surface area contributed by atoms with Gasteiger partial charge in [-0.25, -0.2) is 0 Å². The van der Waals surface area contributed by atoms with Crippen LogP contribution in [-0.2, 0) is 4.74 Å². The molecule has 3 heteroatoms. The van der Waals surface area contributed by atoms with Gasteiger partial charge in [-0.15, -0.1) is 0 Å². The van der Waals surface area contributed by atoms with Gasteiger partial charge in [0.1, 0.15) is 0 Å². The summed E-state index contributed by atoms with van der Waals surface area (Å²) in [6.07, 6.45) is 2.19. The molecule has 0 aliphatic heterocycles. The van der Waals surface area contributed by atoms with Crippen molar-refractivity contribution in [3.63, 3.8) is 0 Å². The van der Waals surface area contributed by atoms with Crippen molar-refractivity contribution >= 4 is 0 Å². The van der Waals surface area contributed by atoms with Gasteiger partial charge in [-0.1, -0.05) is 20.8 Å². The predicted octanol–water partition coefficient (Wildman–Crippen LogP) is 1.41. The molecule has 0 bridgehead atoms. The van der Waals surface area contributed by atoms with Crippen LogP contribution in [0.25, 0.3) is 0 Å². The van der Waals surface area contributed by atoms with Crippen LogP contribution < -0.4 is 5.32 Å². The molecule has 0 aliphatic rings. The highest BCUT2D eigenvalue weighted by molar-refractivity contribution is 4.67. The van der Waals surface area contributed by atoms with Crippen molar-refractivity contribution in [2.24, 2.45) is 5.92 Å². The average Bonchev–Trinajstić information content (AvgIpc) is 2.16. The molecule has 0 saturated carbocycles. The molecule has 0 amide bonds. The molecule has 86 valence electrons. The second kappa shape index (κ2) is 9.44. The number of hydrogen-bond acceptors (Lipinski definition) is 3. The van der Waals surface area contributed by atoms with Gasteiger partial charge < -0.3 is 15.2 Å². The number of aliphatic hydroxyl groups is 1. The highest BCUT2D eigenvalue weighted by Crippen LogP contribution is 2.04. The Kier molecular flexibility index (Phi) is 9.35. The Hall–Kier alpha value is -0.120. The van der Waals surface area contributed by atoms with Crippen LogP contribution in [0, 0.1) is 5.92 Å². The Morgan fingerprint density at radius 3 is 2.50 bits per heavy atom. The average molecular weight is 203 g/mol. The first-order valence-corrected chi connectivity index (χ1v) is 5.64. The van der Waals surface area contributed by atoms with Crippen molar-refractivity contribution in [1.82, 2.24) is 5.32 Å². The SMILES string of the molecule is CCC(NCCCOCCO)C(C)C. The van der Waals surface area contributed by atoms with Crippen LogP contribution in [0.3, 0.4) is 0 Å². The van der Waals surface area contributed by atoms with Crippen LogP contribution in [0.15, 0.2) is 0 Å². The van der Waals surface area contributed by atoms with E-state index >= 15 is 0 Å². The lowest BCUT2D eigenvalue weighted by atomic mass is 10.0. The summed E-state index contributed by atoms with van der Waals surface area (Å²) in [5.41, 5.74) is 0. The molecule has 0 aromatic carbocycles. The van der Waals surface area contributed by atoms with Crippen LogP contribution in [0.5, 0.6) is 0 Å². The molecule has 0 radical (unpaired) electrons. The maximum atomic E-state index is 8.48. The molecule has 0 saturated heterocycles. The van der Waals surface area contributed by atoms with Crippen LogP contribution in [-0.4, -0.2) is 37.5 Å². The van der Waals surface area contributed by atoms with E-state index in [0.29, 0.717) is 18.6 Å². The monoisotopic (exact) mass is 203 g/mol. The Bertz CT molecular complexity index is 118. The van der Waals surface area contributed by atoms with E-state index in [-0.39, 0.29) is 6.61 Å². The quantitative estimate of drug-likeness (QED) is 0.557. The maximum Gasteiger partial charge on any atom is 0.0697 e. The van der Waals surface area contributed by atoms with Crippen molar-refractivity contribution in [2.45, 2.75) is 39.7 Å². The van der Waals surface area contributed by atoms with Crippen LogP contribution in [0.1, 0.15) is 33.6 Å². The molecule has 1 atom stereocenters. The lowest BCUT2D eigenvalue weighted by Crippen LogP contribution is -2.34. The Labute approximate surface area is 87.8 Å². The van der Waals surface area contributed by atoms with Crippen molar-refractivity contribution in [3.05, 3.63) is 0 Å². The van der Waals surface area contributed by atoms with Gasteiger partial charge in [0.15, 0.2) is 0 Å². The number of nitrogens with one attached hydrogen (secondary N) is 1. The van der Waals surface area contributed by atoms with Crippen molar-refractivity contribution < 1.29 is 9.84 Å². The summed E-state index contributed by atoms with van der Waals surface area (Å²) in [7, 11) is 0. The first kappa shape index (κ1) is 13.9. The van der Waals surface area contributed by atoms with E-state index in [1.165, 1.54) is 6.42 Å². The smallest absolute Gasteiger partial charge is 0.0697 e. The van der Waals surface area contributed by atoms with E-state index in [9.17, 15) is 0 Å². The summed E-state index contributed by atoms with van der Waals surface area (Å²) in [5, 5.41) is 12.0. The van der Waals surface area contributed by atoms with E-state index in [1.807, 2.05) is 0 Å². The topological polar surface area (TPSA) is 41.5 Å². The van der Waals surface area contributed by atoms with Crippen LogP contribution in [0.2, 0.25) is 0 Å². The first-order valence-electron chi connectivity index (χ1n) is 5.64. The van der Waals surface area contributed by atoms with E-state index in [4.69, 9.17) is 9.84 Å². The third-order valence-electron chi connectivity index (χ3n) is 2.35. The fourth-order valence-corrected chi connectivity index (χ4v) is 1.48. The fourth-order valence-electron chi connectivity index (χ4n) is 1.48.